The van der Waals surface area contributed by atoms with E-state index in [1.165, 1.54) is 12.5 Å². The molecule has 4 rings (SSSR count). The fourth-order valence-electron chi connectivity index (χ4n) is 3.21. The zero-order valence-corrected chi connectivity index (χ0v) is 15.4. The van der Waals surface area contributed by atoms with Gasteiger partial charge in [-0.15, -0.1) is 0 Å². The first-order valence-corrected chi connectivity index (χ1v) is 8.71. The maximum atomic E-state index is 9.22. The lowest BCUT2D eigenvalue weighted by Crippen LogP contribution is -2.22. The number of rotatable bonds is 1. The number of aliphatic imine (C=N–C) groups is 1. The predicted molar refractivity (Wildman–Crippen MR) is 104 cm³/mol. The average molecular weight is 370 g/mol. The number of halogens is 1. The van der Waals surface area contributed by atoms with Gasteiger partial charge >= 0.3 is 0 Å². The van der Waals surface area contributed by atoms with Gasteiger partial charge in [-0.05, 0) is 24.6 Å². The lowest BCUT2D eigenvalue weighted by Gasteiger charge is -2.16. The Labute approximate surface area is 157 Å². The Morgan fingerprint density at radius 2 is 1.85 bits per heavy atom. The Kier molecular flexibility index (Phi) is 5.38. The van der Waals surface area contributed by atoms with Crippen LogP contribution in [0, 0.1) is 0 Å². The van der Waals surface area contributed by atoms with E-state index in [1.54, 1.807) is 0 Å². The van der Waals surface area contributed by atoms with Gasteiger partial charge in [0.1, 0.15) is 0 Å². The van der Waals surface area contributed by atoms with Gasteiger partial charge in [0, 0.05) is 23.1 Å². The summed E-state index contributed by atoms with van der Waals surface area (Å²) in [5, 5.41) is 4.89. The smallest absolute Gasteiger partial charge is 0.214 e. The molecule has 2 aromatic rings. The summed E-state index contributed by atoms with van der Waals surface area (Å²) in [5.41, 5.74) is 9.95. The Bertz CT molecular complexity index is 871. The predicted octanol–water partition coefficient (Wildman–Crippen LogP) is 3.54. The molecule has 0 aromatic heterocycles. The van der Waals surface area contributed by atoms with Gasteiger partial charge in [-0.3, -0.25) is 9.79 Å². The maximum Gasteiger partial charge on any atom is 0.214 e. The summed E-state index contributed by atoms with van der Waals surface area (Å²) in [6.45, 7) is 3.94. The zero-order valence-electron chi connectivity index (χ0n) is 14.6. The van der Waals surface area contributed by atoms with Crippen molar-refractivity contribution in [3.05, 3.63) is 70.2 Å². The zero-order chi connectivity index (χ0) is 18.7. The number of carbonyl (C=O) groups is 1. The quantitative estimate of drug-likeness (QED) is 0.834. The molecule has 2 N–H and O–H groups in total. The van der Waals surface area contributed by atoms with Gasteiger partial charge in [-0.25, -0.2) is 0 Å². The molecule has 2 aliphatic heterocycles. The molecule has 26 heavy (non-hydrogen) atoms. The van der Waals surface area contributed by atoms with Crippen molar-refractivity contribution in [1.29, 1.82) is 0 Å². The van der Waals surface area contributed by atoms with Crippen molar-refractivity contribution >= 4 is 28.9 Å². The Balaban J connectivity index is 0.000000447. The number of nitrogens with zero attached hydrogens (tertiary/aromatic N) is 2. The minimum absolute atomic E-state index is 0.00838. The molecule has 2 heterocycles. The molecule has 2 atom stereocenters. The van der Waals surface area contributed by atoms with Crippen LogP contribution >= 0.6 is 11.6 Å². The average Bonchev–Trinajstić information content (AvgIpc) is 2.88. The Hall–Kier alpha value is -2.66. The molecule has 0 fully saturated rings. The van der Waals surface area contributed by atoms with Gasteiger partial charge in [-0.1, -0.05) is 53.2 Å². The summed E-state index contributed by atoms with van der Waals surface area (Å²) in [6, 6.07) is 16.2. The molecule has 0 spiro atoms. The third kappa shape index (κ3) is 3.78. The SMILES string of the molecule is CC(N)=O.CC1=NOC2CN=C(c3ccc(Cl)cc3)c3ccccc3C12. The second-order valence-corrected chi connectivity index (χ2v) is 6.68. The number of amides is 1. The number of nitrogens with two attached hydrogens (primary N) is 1. The molecule has 0 saturated carbocycles. The Morgan fingerprint density at radius 1 is 1.19 bits per heavy atom. The maximum absolute atomic E-state index is 9.22. The summed E-state index contributed by atoms with van der Waals surface area (Å²) in [6.07, 6.45) is -0.00838. The van der Waals surface area contributed by atoms with Crippen molar-refractivity contribution in [2.24, 2.45) is 15.9 Å². The van der Waals surface area contributed by atoms with Gasteiger partial charge < -0.3 is 10.6 Å². The standard InChI is InChI=1S/C18H15ClN2O.C2H5NO/c1-11-17-14-4-2-3-5-15(14)18(20-10-16(17)22-21-11)12-6-8-13(19)9-7-12;1-2(3)4/h2-9,16-17H,10H2,1H3;1H3,(H2,3,4). The molecule has 2 unspecified atom stereocenters. The summed E-state index contributed by atoms with van der Waals surface area (Å²) < 4.78 is 0. The minimum atomic E-state index is -0.333. The van der Waals surface area contributed by atoms with E-state index in [9.17, 15) is 4.79 Å². The number of primary amides is 1. The molecule has 5 nitrogen and oxygen atoms in total. The van der Waals surface area contributed by atoms with Crippen LogP contribution in [0.25, 0.3) is 0 Å². The molecule has 1 amide bonds. The first-order valence-electron chi connectivity index (χ1n) is 8.33. The topological polar surface area (TPSA) is 77.0 Å². The van der Waals surface area contributed by atoms with Gasteiger partial charge in [0.2, 0.25) is 5.91 Å². The molecule has 0 aliphatic carbocycles. The van der Waals surface area contributed by atoms with E-state index < -0.39 is 0 Å². The van der Waals surface area contributed by atoms with E-state index in [1.807, 2.05) is 37.3 Å². The molecule has 0 bridgehead atoms. The highest BCUT2D eigenvalue weighted by Crippen LogP contribution is 2.35. The highest BCUT2D eigenvalue weighted by molar-refractivity contribution is 6.30. The first kappa shape index (κ1) is 18.1. The van der Waals surface area contributed by atoms with Crippen LogP contribution in [-0.4, -0.2) is 30.0 Å². The van der Waals surface area contributed by atoms with Crippen molar-refractivity contribution in [2.75, 3.05) is 6.54 Å². The van der Waals surface area contributed by atoms with E-state index >= 15 is 0 Å². The minimum Gasteiger partial charge on any atom is -0.389 e. The molecule has 134 valence electrons. The molecular formula is C20H20ClN3O2. The van der Waals surface area contributed by atoms with Crippen molar-refractivity contribution in [3.8, 4) is 0 Å². The van der Waals surface area contributed by atoms with Gasteiger partial charge in [0.15, 0.2) is 6.10 Å². The molecule has 2 aliphatic rings. The van der Waals surface area contributed by atoms with Gasteiger partial charge in [0.05, 0.1) is 23.9 Å². The summed E-state index contributed by atoms with van der Waals surface area (Å²) in [4.78, 5) is 19.6. The third-order valence-electron chi connectivity index (χ3n) is 4.25. The van der Waals surface area contributed by atoms with Crippen LogP contribution in [0.1, 0.15) is 36.5 Å². The monoisotopic (exact) mass is 369 g/mol. The highest BCUT2D eigenvalue weighted by Gasteiger charge is 2.36. The molecule has 6 heteroatoms. The van der Waals surface area contributed by atoms with E-state index in [4.69, 9.17) is 21.4 Å². The fraction of sp³-hybridized carbons (Fsp3) is 0.250. The number of benzene rings is 2. The van der Waals surface area contributed by atoms with Crippen molar-refractivity contribution < 1.29 is 9.63 Å². The number of hydrogen-bond acceptors (Lipinski definition) is 4. The van der Waals surface area contributed by atoms with Crippen molar-refractivity contribution in [2.45, 2.75) is 25.9 Å². The molecule has 2 aromatic carbocycles. The van der Waals surface area contributed by atoms with Crippen LogP contribution in [0.2, 0.25) is 5.02 Å². The first-order chi connectivity index (χ1) is 12.5. The van der Waals surface area contributed by atoms with Crippen molar-refractivity contribution in [1.82, 2.24) is 0 Å². The number of carbonyl (C=O) groups excluding carboxylic acids is 1. The second-order valence-electron chi connectivity index (χ2n) is 6.25. The van der Waals surface area contributed by atoms with Crippen LogP contribution < -0.4 is 5.73 Å². The summed E-state index contributed by atoms with van der Waals surface area (Å²) >= 11 is 6.00. The molecule has 0 radical (unpaired) electrons. The van der Waals surface area contributed by atoms with E-state index in [2.05, 4.69) is 29.1 Å². The van der Waals surface area contributed by atoms with Crippen molar-refractivity contribution in [3.63, 3.8) is 0 Å². The van der Waals surface area contributed by atoms with E-state index in [0.29, 0.717) is 6.54 Å². The number of fused-ring (bicyclic) bond motifs is 3. The molecule has 0 saturated heterocycles. The van der Waals surface area contributed by atoms with Gasteiger partial charge in [-0.2, -0.15) is 0 Å². The normalized spacial score (nSPS) is 20.3. The molecular weight excluding hydrogens is 350 g/mol. The van der Waals surface area contributed by atoms with E-state index in [0.717, 1.165) is 27.6 Å². The summed E-state index contributed by atoms with van der Waals surface area (Å²) in [5.74, 6) is -0.148. The Morgan fingerprint density at radius 3 is 2.54 bits per heavy atom. The third-order valence-corrected chi connectivity index (χ3v) is 4.50. The van der Waals surface area contributed by atoms with Crippen LogP contribution in [0.4, 0.5) is 0 Å². The van der Waals surface area contributed by atoms with Crippen LogP contribution in [0.3, 0.4) is 0 Å². The lowest BCUT2D eigenvalue weighted by atomic mass is 9.85. The number of oxime groups is 1. The number of hydrogen-bond donors (Lipinski definition) is 1. The second kappa shape index (κ2) is 7.70. The van der Waals surface area contributed by atoms with Gasteiger partial charge in [0.25, 0.3) is 0 Å². The van der Waals surface area contributed by atoms with Crippen LogP contribution in [0.5, 0.6) is 0 Å². The largest absolute Gasteiger partial charge is 0.389 e. The summed E-state index contributed by atoms with van der Waals surface area (Å²) in [7, 11) is 0. The highest BCUT2D eigenvalue weighted by atomic mass is 35.5. The lowest BCUT2D eigenvalue weighted by molar-refractivity contribution is -0.115. The van der Waals surface area contributed by atoms with E-state index in [-0.39, 0.29) is 17.9 Å². The van der Waals surface area contributed by atoms with Crippen LogP contribution in [0.15, 0.2) is 58.7 Å². The van der Waals surface area contributed by atoms with Crippen LogP contribution in [-0.2, 0) is 9.63 Å². The fourth-order valence-corrected chi connectivity index (χ4v) is 3.33.